The summed E-state index contributed by atoms with van der Waals surface area (Å²) in [7, 11) is 0. The van der Waals surface area contributed by atoms with E-state index in [2.05, 4.69) is 19.6 Å². The molecule has 6 nitrogen and oxygen atoms in total. The number of esters is 1. The van der Waals surface area contributed by atoms with E-state index in [9.17, 15) is 24.6 Å². The van der Waals surface area contributed by atoms with Gasteiger partial charge in [-0.3, -0.25) is 14.4 Å². The third kappa shape index (κ3) is 3.53. The van der Waals surface area contributed by atoms with Gasteiger partial charge in [-0.1, -0.05) is 26.5 Å². The second kappa shape index (κ2) is 8.37. The predicted molar refractivity (Wildman–Crippen MR) is 130 cm³/mol. The standard InChI is InChI=1S/C29H40O6/c1-16(14-30)17(2)26(34)24(33)12-23-25(35-18(3)31)13-22-21-6-5-19-11-20(32)7-8-28(19)15-29(21,28)10-9-27(22,23)4/h7-8,16,19,21-25,30,33H,2,5-6,9-15H2,1,3-4H3/t16-,19?,21?,22?,23?,24?,25?,27?,28?,29?/m0/s1. The average molecular weight is 485 g/mol. The summed E-state index contributed by atoms with van der Waals surface area (Å²) in [4.78, 5) is 37.1. The molecule has 4 fully saturated rings. The summed E-state index contributed by atoms with van der Waals surface area (Å²) in [6, 6.07) is 0. The normalized spacial score (nSPS) is 44.8. The van der Waals surface area contributed by atoms with Gasteiger partial charge in [-0.15, -0.1) is 0 Å². The number of aliphatic hydroxyl groups excluding tert-OH is 2. The highest BCUT2D eigenvalue weighted by molar-refractivity contribution is 5.98. The maximum Gasteiger partial charge on any atom is 0.302 e. The quantitative estimate of drug-likeness (QED) is 0.421. The van der Waals surface area contributed by atoms with Crippen LogP contribution in [0.4, 0.5) is 0 Å². The molecular weight excluding hydrogens is 444 g/mol. The monoisotopic (exact) mass is 484 g/mol. The molecular formula is C29H40O6. The highest BCUT2D eigenvalue weighted by Gasteiger charge is 2.78. The fraction of sp³-hybridized carbons (Fsp3) is 0.759. The summed E-state index contributed by atoms with van der Waals surface area (Å²) in [5.41, 5.74) is 0.509. The summed E-state index contributed by atoms with van der Waals surface area (Å²) in [5, 5.41) is 20.4. The second-order valence-electron chi connectivity index (χ2n) is 12.6. The van der Waals surface area contributed by atoms with Gasteiger partial charge in [0.1, 0.15) is 12.2 Å². The van der Waals surface area contributed by atoms with Crippen molar-refractivity contribution in [3.8, 4) is 0 Å². The molecule has 2 N–H and O–H groups in total. The number of allylic oxidation sites excluding steroid dienone is 2. The Hall–Kier alpha value is -1.79. The van der Waals surface area contributed by atoms with E-state index >= 15 is 0 Å². The van der Waals surface area contributed by atoms with Crippen LogP contribution in [0, 0.1) is 45.8 Å². The number of Topliss-reactive ketones (excluding diaryl/α,β-unsaturated/α-hetero) is 1. The minimum absolute atomic E-state index is 0.110. The Morgan fingerprint density at radius 1 is 1.26 bits per heavy atom. The van der Waals surface area contributed by atoms with E-state index in [1.807, 2.05) is 6.08 Å². The predicted octanol–water partition coefficient (Wildman–Crippen LogP) is 3.79. The van der Waals surface area contributed by atoms with Crippen LogP contribution in [0.25, 0.3) is 0 Å². The van der Waals surface area contributed by atoms with Gasteiger partial charge in [0.15, 0.2) is 11.6 Å². The summed E-state index contributed by atoms with van der Waals surface area (Å²) >= 11 is 0. The Morgan fingerprint density at radius 2 is 2.00 bits per heavy atom. The second-order valence-corrected chi connectivity index (χ2v) is 12.6. The van der Waals surface area contributed by atoms with Crippen molar-refractivity contribution >= 4 is 17.5 Å². The van der Waals surface area contributed by atoms with Crippen LogP contribution in [0.5, 0.6) is 0 Å². The molecule has 0 aromatic carbocycles. The van der Waals surface area contributed by atoms with E-state index in [1.165, 1.54) is 6.92 Å². The van der Waals surface area contributed by atoms with Crippen molar-refractivity contribution in [3.05, 3.63) is 24.3 Å². The molecule has 35 heavy (non-hydrogen) atoms. The number of hydrogen-bond donors (Lipinski definition) is 2. The molecule has 5 aliphatic carbocycles. The van der Waals surface area contributed by atoms with Crippen molar-refractivity contribution in [1.29, 1.82) is 0 Å². The molecule has 4 saturated carbocycles. The topological polar surface area (TPSA) is 101 Å². The lowest BCUT2D eigenvalue weighted by Crippen LogP contribution is -2.48. The summed E-state index contributed by atoms with van der Waals surface area (Å²) in [6.07, 6.45) is 9.59. The highest BCUT2D eigenvalue weighted by atomic mass is 16.5. The van der Waals surface area contributed by atoms with E-state index < -0.39 is 17.8 Å². The molecule has 9 unspecified atom stereocenters. The third-order valence-corrected chi connectivity index (χ3v) is 11.2. The molecule has 6 heteroatoms. The minimum atomic E-state index is -1.22. The van der Waals surface area contributed by atoms with Crippen LogP contribution < -0.4 is 0 Å². The van der Waals surface area contributed by atoms with Gasteiger partial charge in [-0.25, -0.2) is 0 Å². The first kappa shape index (κ1) is 24.9. The number of hydrogen-bond acceptors (Lipinski definition) is 6. The molecule has 5 aliphatic rings. The maximum atomic E-state index is 12.9. The highest BCUT2D eigenvalue weighted by Crippen LogP contribution is 2.84. The Kier molecular flexibility index (Phi) is 5.95. The molecule has 0 saturated heterocycles. The van der Waals surface area contributed by atoms with Gasteiger partial charge >= 0.3 is 5.97 Å². The first-order valence-corrected chi connectivity index (χ1v) is 13.4. The molecule has 0 aliphatic heterocycles. The van der Waals surface area contributed by atoms with Crippen LogP contribution >= 0.6 is 0 Å². The number of rotatable bonds is 7. The molecule has 5 rings (SSSR count). The average Bonchev–Trinajstić information content (AvgIpc) is 3.42. The molecule has 0 bridgehead atoms. The van der Waals surface area contributed by atoms with Gasteiger partial charge in [0, 0.05) is 31.8 Å². The van der Waals surface area contributed by atoms with Gasteiger partial charge < -0.3 is 14.9 Å². The van der Waals surface area contributed by atoms with Crippen molar-refractivity contribution in [2.45, 2.75) is 84.3 Å². The molecule has 192 valence electrons. The molecule has 10 atom stereocenters. The van der Waals surface area contributed by atoms with Crippen molar-refractivity contribution in [2.24, 2.45) is 45.8 Å². The summed E-state index contributed by atoms with van der Waals surface area (Å²) in [6.45, 7) is 9.05. The van der Waals surface area contributed by atoms with Crippen molar-refractivity contribution in [3.63, 3.8) is 0 Å². The maximum absolute atomic E-state index is 12.9. The van der Waals surface area contributed by atoms with E-state index in [-0.39, 0.29) is 58.6 Å². The number of fused-ring (bicyclic) bond motifs is 2. The third-order valence-electron chi connectivity index (χ3n) is 11.2. The number of ether oxygens (including phenoxy) is 1. The fourth-order valence-corrected chi connectivity index (χ4v) is 9.26. The minimum Gasteiger partial charge on any atom is -0.462 e. The molecule has 0 heterocycles. The lowest BCUT2D eigenvalue weighted by molar-refractivity contribution is -0.150. The van der Waals surface area contributed by atoms with E-state index in [0.29, 0.717) is 24.2 Å². The van der Waals surface area contributed by atoms with Crippen LogP contribution in [0.2, 0.25) is 0 Å². The zero-order chi connectivity index (χ0) is 25.3. The summed E-state index contributed by atoms with van der Waals surface area (Å²) < 4.78 is 5.85. The zero-order valence-electron chi connectivity index (χ0n) is 21.3. The lowest BCUT2D eigenvalue weighted by atomic mass is 9.50. The Bertz CT molecular complexity index is 984. The van der Waals surface area contributed by atoms with Crippen molar-refractivity contribution in [2.75, 3.05) is 6.61 Å². The number of carbonyl (C=O) groups excluding carboxylic acids is 3. The Labute approximate surface area is 208 Å². The molecule has 0 radical (unpaired) electrons. The van der Waals surface area contributed by atoms with Crippen LogP contribution in [-0.2, 0) is 19.1 Å². The zero-order valence-corrected chi connectivity index (χ0v) is 21.3. The van der Waals surface area contributed by atoms with E-state index in [0.717, 1.165) is 38.5 Å². The number of ketones is 2. The van der Waals surface area contributed by atoms with Crippen LogP contribution in [0.1, 0.15) is 72.1 Å². The Morgan fingerprint density at radius 3 is 2.69 bits per heavy atom. The molecule has 0 aromatic heterocycles. The molecule has 0 amide bonds. The Balaban J connectivity index is 1.41. The van der Waals surface area contributed by atoms with Crippen molar-refractivity contribution in [1.82, 2.24) is 0 Å². The van der Waals surface area contributed by atoms with Gasteiger partial charge in [-0.05, 0) is 90.6 Å². The SMILES string of the molecule is C=C(C(=O)C(O)CC1C(OC(C)=O)CC2C3CCC4CC(=O)C=CC45CC35CCC12C)[C@@H](C)CO. The van der Waals surface area contributed by atoms with Gasteiger partial charge in [0.05, 0.1) is 0 Å². The first-order chi connectivity index (χ1) is 16.5. The van der Waals surface area contributed by atoms with Gasteiger partial charge in [-0.2, -0.15) is 0 Å². The fourth-order valence-electron chi connectivity index (χ4n) is 9.26. The van der Waals surface area contributed by atoms with E-state index in [4.69, 9.17) is 4.74 Å². The van der Waals surface area contributed by atoms with E-state index in [1.54, 1.807) is 6.92 Å². The smallest absolute Gasteiger partial charge is 0.302 e. The number of aliphatic hydroxyl groups is 2. The van der Waals surface area contributed by atoms with Gasteiger partial charge in [0.2, 0.25) is 0 Å². The van der Waals surface area contributed by atoms with Crippen LogP contribution in [-0.4, -0.2) is 46.6 Å². The first-order valence-electron chi connectivity index (χ1n) is 13.4. The molecule has 2 spiro atoms. The molecule has 0 aromatic rings. The van der Waals surface area contributed by atoms with Crippen molar-refractivity contribution < 1.29 is 29.3 Å². The summed E-state index contributed by atoms with van der Waals surface area (Å²) in [5.74, 6) is 0.326. The largest absolute Gasteiger partial charge is 0.462 e. The lowest BCUT2D eigenvalue weighted by Gasteiger charge is -2.54. The van der Waals surface area contributed by atoms with Crippen LogP contribution in [0.3, 0.4) is 0 Å². The van der Waals surface area contributed by atoms with Gasteiger partial charge in [0.25, 0.3) is 0 Å². The van der Waals surface area contributed by atoms with Crippen LogP contribution in [0.15, 0.2) is 24.3 Å². The number of carbonyl (C=O) groups is 3.